The second kappa shape index (κ2) is 12.2. The van der Waals surface area contributed by atoms with Crippen LogP contribution >= 0.6 is 0 Å². The normalized spacial score (nSPS) is 10.2. The zero-order valence-electron chi connectivity index (χ0n) is 20.1. The molecule has 0 aromatic heterocycles. The molecule has 0 unspecified atom stereocenters. The number of para-hydroxylation sites is 2. The number of hydrogen-bond donors (Lipinski definition) is 0. The molecule has 10 nitrogen and oxygen atoms in total. The van der Waals surface area contributed by atoms with Crippen LogP contribution < -0.4 is 10.0 Å². The van der Waals surface area contributed by atoms with Gasteiger partial charge in [0.1, 0.15) is 0 Å². The molecule has 0 aliphatic rings. The highest BCUT2D eigenvalue weighted by Gasteiger charge is 2.31. The molecule has 10 heteroatoms. The maximum Gasteiger partial charge on any atom is 0.246 e. The van der Waals surface area contributed by atoms with Crippen LogP contribution in [0.3, 0.4) is 0 Å². The van der Waals surface area contributed by atoms with E-state index in [9.17, 15) is 28.8 Å². The first-order chi connectivity index (χ1) is 16.6. The van der Waals surface area contributed by atoms with Crippen LogP contribution in [0, 0.1) is 0 Å². The highest BCUT2D eigenvalue weighted by Crippen LogP contribution is 2.21. The fraction of sp³-hybridized carbons (Fsp3) is 0.280. The molecule has 0 aliphatic carbocycles. The van der Waals surface area contributed by atoms with Gasteiger partial charge in [0.05, 0.1) is 11.4 Å². The molecule has 0 fully saturated rings. The summed E-state index contributed by atoms with van der Waals surface area (Å²) in [7, 11) is 0. The topological polar surface area (TPSA) is 115 Å². The van der Waals surface area contributed by atoms with E-state index in [-0.39, 0.29) is 19.3 Å². The first kappa shape index (κ1) is 26.9. The van der Waals surface area contributed by atoms with Crippen molar-refractivity contribution in [2.75, 3.05) is 10.0 Å². The molecule has 0 radical (unpaired) electrons. The molecule has 0 heterocycles. The van der Waals surface area contributed by atoms with Gasteiger partial charge in [-0.3, -0.25) is 28.8 Å². The number of rotatable bonds is 6. The van der Waals surface area contributed by atoms with Gasteiger partial charge in [-0.2, -0.15) is 10.0 Å². The number of imide groups is 2. The van der Waals surface area contributed by atoms with Crippen molar-refractivity contribution in [2.45, 2.75) is 47.0 Å². The average molecular weight is 481 g/mol. The molecule has 0 N–H and O–H groups in total. The van der Waals surface area contributed by atoms with Crippen LogP contribution in [0.2, 0.25) is 0 Å². The summed E-state index contributed by atoms with van der Waals surface area (Å²) in [5.74, 6) is -3.70. The Morgan fingerprint density at radius 2 is 0.800 bits per heavy atom. The van der Waals surface area contributed by atoms with Gasteiger partial charge in [0.25, 0.3) is 0 Å². The summed E-state index contributed by atoms with van der Waals surface area (Å²) in [5, 5.41) is 3.45. The number of hydrogen-bond acceptors (Lipinski definition) is 6. The number of nitrogens with zero attached hydrogens (tertiary/aromatic N) is 4. The third kappa shape index (κ3) is 6.83. The number of carbonyl (C=O) groups excluding carboxylic acids is 6. The van der Waals surface area contributed by atoms with E-state index in [1.54, 1.807) is 60.7 Å². The summed E-state index contributed by atoms with van der Waals surface area (Å²) in [4.78, 5) is 74.7. The largest absolute Gasteiger partial charge is 0.273 e. The van der Waals surface area contributed by atoms with Crippen molar-refractivity contribution in [3.8, 4) is 0 Å². The van der Waals surface area contributed by atoms with Gasteiger partial charge in [-0.15, -0.1) is 0 Å². The Morgan fingerprint density at radius 1 is 0.514 bits per heavy atom. The fourth-order valence-corrected chi connectivity index (χ4v) is 3.49. The number of anilines is 2. The Balaban J connectivity index is 2.24. The Labute approximate surface area is 203 Å². The smallest absolute Gasteiger partial charge is 0.246 e. The lowest BCUT2D eigenvalue weighted by Crippen LogP contribution is -2.52. The third-order valence-corrected chi connectivity index (χ3v) is 4.85. The first-order valence-corrected chi connectivity index (χ1v) is 10.9. The number of carbonyl (C=O) groups is 6. The highest BCUT2D eigenvalue weighted by molar-refractivity contribution is 6.05. The van der Waals surface area contributed by atoms with Crippen LogP contribution in [-0.2, 0) is 28.8 Å². The molecular weight excluding hydrogens is 452 g/mol. The van der Waals surface area contributed by atoms with Crippen molar-refractivity contribution >= 4 is 46.8 Å². The zero-order chi connectivity index (χ0) is 26.1. The molecule has 0 aliphatic heterocycles. The van der Waals surface area contributed by atoms with E-state index >= 15 is 0 Å². The van der Waals surface area contributed by atoms with Crippen molar-refractivity contribution in [3.05, 3.63) is 60.7 Å². The van der Waals surface area contributed by atoms with Gasteiger partial charge < -0.3 is 0 Å². The van der Waals surface area contributed by atoms with Crippen molar-refractivity contribution in [3.63, 3.8) is 0 Å². The Bertz CT molecular complexity index is 988. The summed E-state index contributed by atoms with van der Waals surface area (Å²) in [5.41, 5.74) is 0.638. The van der Waals surface area contributed by atoms with Crippen LogP contribution in [-0.4, -0.2) is 45.5 Å². The minimum atomic E-state index is -0.639. The summed E-state index contributed by atoms with van der Waals surface area (Å²) >= 11 is 0. The molecule has 35 heavy (non-hydrogen) atoms. The maximum absolute atomic E-state index is 13.1. The van der Waals surface area contributed by atoms with Gasteiger partial charge in [0.2, 0.25) is 35.4 Å². The quantitative estimate of drug-likeness (QED) is 0.587. The minimum Gasteiger partial charge on any atom is -0.273 e. The van der Waals surface area contributed by atoms with Crippen LogP contribution in [0.1, 0.15) is 47.0 Å². The van der Waals surface area contributed by atoms with E-state index < -0.39 is 35.4 Å². The van der Waals surface area contributed by atoms with Gasteiger partial charge in [-0.1, -0.05) is 36.4 Å². The summed E-state index contributed by atoms with van der Waals surface area (Å²) < 4.78 is 0. The molecule has 0 saturated heterocycles. The molecule has 6 amide bonds. The lowest BCUT2D eigenvalue weighted by molar-refractivity contribution is -0.147. The van der Waals surface area contributed by atoms with Crippen molar-refractivity contribution in [1.29, 1.82) is 0 Å². The molecular formula is C25H28N4O6. The lowest BCUT2D eigenvalue weighted by Gasteiger charge is -2.32. The Morgan fingerprint density at radius 3 is 1.06 bits per heavy atom. The summed E-state index contributed by atoms with van der Waals surface area (Å²) in [6, 6.07) is 16.4. The Hall–Kier alpha value is -4.34. The Kier molecular flexibility index (Phi) is 9.39. The van der Waals surface area contributed by atoms with Crippen molar-refractivity contribution < 1.29 is 28.8 Å². The van der Waals surface area contributed by atoms with Crippen LogP contribution in [0.5, 0.6) is 0 Å². The monoisotopic (exact) mass is 480 g/mol. The molecule has 0 bridgehead atoms. The number of hydrazine groups is 2. The average Bonchev–Trinajstić information content (AvgIpc) is 2.80. The lowest BCUT2D eigenvalue weighted by atomic mass is 10.2. The van der Waals surface area contributed by atoms with Crippen LogP contribution in [0.25, 0.3) is 0 Å². The van der Waals surface area contributed by atoms with E-state index in [0.717, 1.165) is 20.0 Å². The SMILES string of the molecule is CC(=O)N(C(C)=O)N(C(=O)CCCC(=O)N(c1ccccc1)N(C(C)=O)C(C)=O)c1ccccc1. The third-order valence-electron chi connectivity index (χ3n) is 4.85. The molecule has 0 spiro atoms. The molecule has 2 aromatic rings. The molecule has 184 valence electrons. The van der Waals surface area contributed by atoms with Crippen molar-refractivity contribution in [2.24, 2.45) is 0 Å². The van der Waals surface area contributed by atoms with Gasteiger partial charge in [0.15, 0.2) is 0 Å². The van der Waals surface area contributed by atoms with Gasteiger partial charge >= 0.3 is 0 Å². The molecule has 2 rings (SSSR count). The van der Waals surface area contributed by atoms with Crippen LogP contribution in [0.15, 0.2) is 60.7 Å². The van der Waals surface area contributed by atoms with Gasteiger partial charge in [-0.05, 0) is 30.7 Å². The van der Waals surface area contributed by atoms with E-state index in [0.29, 0.717) is 11.4 Å². The summed E-state index contributed by atoms with van der Waals surface area (Å²) in [6.45, 7) is 4.68. The standard InChI is InChI=1S/C25H28N4O6/c1-18(30)26(19(2)31)28(22-12-7-5-8-13-22)24(34)16-11-17-25(35)29(23-14-9-6-10-15-23)27(20(3)32)21(4)33/h5-10,12-15H,11,16-17H2,1-4H3. The second-order valence-corrected chi connectivity index (χ2v) is 7.64. The predicted octanol–water partition coefficient (Wildman–Crippen LogP) is 2.84. The maximum atomic E-state index is 13.1. The van der Waals surface area contributed by atoms with E-state index in [2.05, 4.69) is 0 Å². The van der Waals surface area contributed by atoms with Crippen molar-refractivity contribution in [1.82, 2.24) is 10.0 Å². The minimum absolute atomic E-state index is 0.0393. The van der Waals surface area contributed by atoms with Gasteiger partial charge in [-0.25, -0.2) is 10.0 Å². The predicted molar refractivity (Wildman–Crippen MR) is 128 cm³/mol. The van der Waals surface area contributed by atoms with Gasteiger partial charge in [0, 0.05) is 40.5 Å². The second-order valence-electron chi connectivity index (χ2n) is 7.64. The molecule has 0 atom stereocenters. The summed E-state index contributed by atoms with van der Waals surface area (Å²) in [6.07, 6.45) is -0.321. The van der Waals surface area contributed by atoms with E-state index in [1.165, 1.54) is 27.7 Å². The van der Waals surface area contributed by atoms with E-state index in [4.69, 9.17) is 0 Å². The first-order valence-electron chi connectivity index (χ1n) is 10.9. The molecule has 2 aromatic carbocycles. The highest BCUT2D eigenvalue weighted by atomic mass is 16.2. The molecule has 0 saturated carbocycles. The zero-order valence-corrected chi connectivity index (χ0v) is 20.1. The van der Waals surface area contributed by atoms with Crippen LogP contribution in [0.4, 0.5) is 11.4 Å². The van der Waals surface area contributed by atoms with E-state index in [1.807, 2.05) is 0 Å². The number of amides is 6. The fourth-order valence-electron chi connectivity index (χ4n) is 3.49. The number of benzene rings is 2.